The van der Waals surface area contributed by atoms with Crippen molar-refractivity contribution in [2.75, 3.05) is 52.4 Å². The molecule has 0 aromatic carbocycles. The van der Waals surface area contributed by atoms with Gasteiger partial charge in [-0.2, -0.15) is 0 Å². The molecule has 1 fully saturated rings. The third-order valence-corrected chi connectivity index (χ3v) is 4.86. The molecule has 1 heterocycles. The average Bonchev–Trinajstić information content (AvgIpc) is 2.57. The van der Waals surface area contributed by atoms with Crippen molar-refractivity contribution in [3.63, 3.8) is 0 Å². The summed E-state index contributed by atoms with van der Waals surface area (Å²) in [6.45, 7) is 26.5. The van der Waals surface area contributed by atoms with Crippen molar-refractivity contribution < 1.29 is 19.1 Å². The molecule has 0 bridgehead atoms. The molecule has 192 valence electrons. The lowest BCUT2D eigenvalue weighted by Crippen LogP contribution is -2.48. The van der Waals surface area contributed by atoms with Crippen molar-refractivity contribution in [1.82, 2.24) is 20.0 Å². The van der Waals surface area contributed by atoms with Crippen LogP contribution in [-0.2, 0) is 14.3 Å². The maximum Gasteiger partial charge on any atom is 0.410 e. The van der Waals surface area contributed by atoms with Gasteiger partial charge in [0.2, 0.25) is 5.91 Å². The molecule has 33 heavy (non-hydrogen) atoms. The fourth-order valence-corrected chi connectivity index (χ4v) is 3.36. The minimum absolute atomic E-state index is 0.0687. The Bertz CT molecular complexity index is 617. The predicted molar refractivity (Wildman–Crippen MR) is 133 cm³/mol. The lowest BCUT2D eigenvalue weighted by atomic mass is 9.91. The summed E-state index contributed by atoms with van der Waals surface area (Å²) in [5, 5.41) is 3.36. The van der Waals surface area contributed by atoms with Gasteiger partial charge in [-0.3, -0.25) is 4.79 Å². The molecule has 0 aliphatic carbocycles. The Labute approximate surface area is 201 Å². The third-order valence-electron chi connectivity index (χ3n) is 4.86. The van der Waals surface area contributed by atoms with E-state index in [0.717, 1.165) is 0 Å². The summed E-state index contributed by atoms with van der Waals surface area (Å²) in [5.74, 6) is 0.698. The molecule has 0 radical (unpaired) electrons. The molecule has 0 spiro atoms. The van der Waals surface area contributed by atoms with E-state index in [9.17, 15) is 9.59 Å². The van der Waals surface area contributed by atoms with E-state index in [2.05, 4.69) is 32.7 Å². The lowest BCUT2D eigenvalue weighted by Gasteiger charge is -2.36. The summed E-state index contributed by atoms with van der Waals surface area (Å²) < 4.78 is 11.6. The zero-order chi connectivity index (χ0) is 25.4. The molecule has 0 aromatic rings. The highest BCUT2D eigenvalue weighted by Gasteiger charge is 2.26. The molecule has 1 aliphatic heterocycles. The Balaban J connectivity index is 3.01. The van der Waals surface area contributed by atoms with E-state index in [-0.39, 0.29) is 17.4 Å². The van der Waals surface area contributed by atoms with Gasteiger partial charge in [0.25, 0.3) is 0 Å². The van der Waals surface area contributed by atoms with E-state index < -0.39 is 11.2 Å². The third kappa shape index (κ3) is 12.8. The first-order chi connectivity index (χ1) is 15.0. The molecule has 8 heteroatoms. The van der Waals surface area contributed by atoms with Crippen LogP contribution in [0.3, 0.4) is 0 Å². The molecule has 2 amide bonds. The van der Waals surface area contributed by atoms with Gasteiger partial charge in [-0.25, -0.2) is 4.79 Å². The van der Waals surface area contributed by atoms with Gasteiger partial charge in [0.05, 0.1) is 0 Å². The van der Waals surface area contributed by atoms with Crippen LogP contribution >= 0.6 is 0 Å². The van der Waals surface area contributed by atoms with Gasteiger partial charge in [-0.15, -0.1) is 0 Å². The van der Waals surface area contributed by atoms with Crippen LogP contribution in [0.2, 0.25) is 0 Å². The number of carbonyl (C=O) groups excluding carboxylic acids is 2. The van der Waals surface area contributed by atoms with Crippen LogP contribution < -0.4 is 5.32 Å². The SMILES string of the molecule is C=C(OC(C)(C)C)N1CCN(C(=O)CC(C)(C)C)CCNCCN(C(=O)OC(C)(C)C)CC1. The van der Waals surface area contributed by atoms with Gasteiger partial charge in [0.15, 0.2) is 5.88 Å². The minimum atomic E-state index is -0.555. The highest BCUT2D eigenvalue weighted by Crippen LogP contribution is 2.20. The van der Waals surface area contributed by atoms with Gasteiger partial charge >= 0.3 is 6.09 Å². The van der Waals surface area contributed by atoms with Crippen LogP contribution in [0.25, 0.3) is 0 Å². The van der Waals surface area contributed by atoms with E-state index >= 15 is 0 Å². The minimum Gasteiger partial charge on any atom is -0.474 e. The first-order valence-electron chi connectivity index (χ1n) is 12.1. The van der Waals surface area contributed by atoms with E-state index in [1.54, 1.807) is 4.90 Å². The number of nitrogens with one attached hydrogen (secondary N) is 1. The number of rotatable bonds is 3. The number of hydrogen-bond acceptors (Lipinski definition) is 6. The molecular formula is C25H48N4O4. The molecule has 1 rings (SSSR count). The number of amides is 2. The Morgan fingerprint density at radius 1 is 0.727 bits per heavy atom. The average molecular weight is 469 g/mol. The van der Waals surface area contributed by atoms with Crippen LogP contribution in [0, 0.1) is 5.41 Å². The summed E-state index contributed by atoms with van der Waals surface area (Å²) in [6.07, 6.45) is 0.171. The second kappa shape index (κ2) is 12.0. The number of hydrogen-bond donors (Lipinski definition) is 1. The predicted octanol–water partition coefficient (Wildman–Crippen LogP) is 3.68. The van der Waals surface area contributed by atoms with E-state index in [1.165, 1.54) is 0 Å². The summed E-state index contributed by atoms with van der Waals surface area (Å²) >= 11 is 0. The quantitative estimate of drug-likeness (QED) is 0.637. The summed E-state index contributed by atoms with van der Waals surface area (Å²) in [4.78, 5) is 31.4. The monoisotopic (exact) mass is 468 g/mol. The van der Waals surface area contributed by atoms with Gasteiger partial charge in [-0.05, 0) is 53.5 Å². The Morgan fingerprint density at radius 3 is 1.67 bits per heavy atom. The molecule has 0 aromatic heterocycles. The molecule has 0 atom stereocenters. The number of carbonyl (C=O) groups is 2. The van der Waals surface area contributed by atoms with Gasteiger partial charge in [0, 0.05) is 58.8 Å². The second-order valence-corrected chi connectivity index (χ2v) is 11.9. The molecule has 0 unspecified atom stereocenters. The van der Waals surface area contributed by atoms with Gasteiger partial charge < -0.3 is 29.5 Å². The first-order valence-corrected chi connectivity index (χ1v) is 12.1. The second-order valence-electron chi connectivity index (χ2n) is 11.9. The van der Waals surface area contributed by atoms with Crippen molar-refractivity contribution in [2.45, 2.75) is 79.9 Å². The smallest absolute Gasteiger partial charge is 0.410 e. The maximum atomic E-state index is 13.0. The fraction of sp³-hybridized carbons (Fsp3) is 0.840. The summed E-state index contributed by atoms with van der Waals surface area (Å²) in [7, 11) is 0. The van der Waals surface area contributed by atoms with Gasteiger partial charge in [-0.1, -0.05) is 20.8 Å². The fourth-order valence-electron chi connectivity index (χ4n) is 3.36. The number of ether oxygens (including phenoxy) is 2. The largest absolute Gasteiger partial charge is 0.474 e. The maximum absolute atomic E-state index is 13.0. The Hall–Kier alpha value is -1.96. The van der Waals surface area contributed by atoms with E-state index in [1.807, 2.05) is 51.3 Å². The Kier molecular flexibility index (Phi) is 10.5. The van der Waals surface area contributed by atoms with Crippen LogP contribution in [0.1, 0.15) is 68.7 Å². The summed E-state index contributed by atoms with van der Waals surface area (Å²) in [5.41, 5.74) is -1.02. The van der Waals surface area contributed by atoms with Crippen LogP contribution in [0.5, 0.6) is 0 Å². The topological polar surface area (TPSA) is 74.4 Å². The van der Waals surface area contributed by atoms with E-state index in [4.69, 9.17) is 9.47 Å². The lowest BCUT2D eigenvalue weighted by molar-refractivity contribution is -0.133. The summed E-state index contributed by atoms with van der Waals surface area (Å²) in [6, 6.07) is 0. The highest BCUT2D eigenvalue weighted by atomic mass is 16.6. The zero-order valence-corrected chi connectivity index (χ0v) is 22.5. The van der Waals surface area contributed by atoms with Crippen LogP contribution in [0.4, 0.5) is 4.79 Å². The van der Waals surface area contributed by atoms with Crippen LogP contribution in [0.15, 0.2) is 12.5 Å². The van der Waals surface area contributed by atoms with E-state index in [0.29, 0.717) is 64.7 Å². The first kappa shape index (κ1) is 29.1. The molecule has 1 aliphatic rings. The Morgan fingerprint density at radius 2 is 1.18 bits per heavy atom. The normalized spacial score (nSPS) is 17.7. The zero-order valence-electron chi connectivity index (χ0n) is 22.5. The van der Waals surface area contributed by atoms with Gasteiger partial charge in [0.1, 0.15) is 11.2 Å². The van der Waals surface area contributed by atoms with Crippen molar-refractivity contribution in [1.29, 1.82) is 0 Å². The highest BCUT2D eigenvalue weighted by molar-refractivity contribution is 5.76. The molecule has 8 nitrogen and oxygen atoms in total. The molecule has 0 saturated carbocycles. The molecule has 1 N–H and O–H groups in total. The standard InChI is InChI=1S/C25H48N4O4/c1-20(32-24(5,6)7)27-15-17-28(21(30)19-23(2,3)4)13-11-26-12-14-29(18-16-27)22(31)33-25(8,9)10/h26H,1,11-19H2,2-10H3. The van der Waals surface area contributed by atoms with Crippen molar-refractivity contribution in [3.05, 3.63) is 12.5 Å². The molecular weight excluding hydrogens is 420 g/mol. The number of nitrogens with zero attached hydrogens (tertiary/aromatic N) is 3. The van der Waals surface area contributed by atoms with Crippen molar-refractivity contribution >= 4 is 12.0 Å². The van der Waals surface area contributed by atoms with Crippen LogP contribution in [-0.4, -0.2) is 90.3 Å². The van der Waals surface area contributed by atoms with Crippen molar-refractivity contribution in [2.24, 2.45) is 5.41 Å². The molecule has 1 saturated heterocycles. The van der Waals surface area contributed by atoms with Crippen molar-refractivity contribution in [3.8, 4) is 0 Å².